The second-order valence-corrected chi connectivity index (χ2v) is 18.6. The molecule has 294 valence electrons. The van der Waals surface area contributed by atoms with E-state index >= 15 is 0 Å². The Morgan fingerprint density at radius 3 is 1.05 bits per heavy atom. The molecule has 0 aliphatic heterocycles. The predicted octanol–water partition coefficient (Wildman–Crippen LogP) is 15.8. The Bertz CT molecular complexity index is 3430. The molecule has 2 aromatic heterocycles. The van der Waals surface area contributed by atoms with Crippen molar-refractivity contribution >= 4 is 43.6 Å². The van der Waals surface area contributed by atoms with Gasteiger partial charge in [0, 0.05) is 43.7 Å². The van der Waals surface area contributed by atoms with Gasteiger partial charge in [0.2, 0.25) is 0 Å². The molecule has 2 aliphatic rings. The van der Waals surface area contributed by atoms with E-state index in [1.807, 2.05) is 0 Å². The van der Waals surface area contributed by atoms with Crippen molar-refractivity contribution in [1.82, 2.24) is 9.13 Å². The largest absolute Gasteiger partial charge is 0.309 e. The number of hydrogen-bond acceptors (Lipinski definition) is 0. The minimum Gasteiger partial charge on any atom is -0.309 e. The van der Waals surface area contributed by atoms with Crippen molar-refractivity contribution in [2.45, 2.75) is 38.5 Å². The Morgan fingerprint density at radius 2 is 0.613 bits per heavy atom. The molecule has 2 nitrogen and oxygen atoms in total. The molecule has 0 spiro atoms. The standard InChI is InChI=1S/C60H44N2/c1-59(2)51-33-39(37-25-29-57-49(31-37)45-19-11-13-21-55(45)61(57)41-15-7-5-8-16-41)23-27-43(51)47-36-54-48(35-53(47)59)44-28-24-40(34-52(44)60(54,3)4)38-26-30-58-50(32-38)46-20-12-14-22-56(46)62(58)42-17-9-6-10-18-42/h5-36H,1-4H3. The molecule has 0 radical (unpaired) electrons. The van der Waals surface area contributed by atoms with Crippen LogP contribution < -0.4 is 0 Å². The molecule has 0 saturated heterocycles. The number of fused-ring (bicyclic) bond motifs is 12. The average Bonchev–Trinajstić information content (AvgIpc) is 3.97. The van der Waals surface area contributed by atoms with Crippen LogP contribution in [0.3, 0.4) is 0 Å². The lowest BCUT2D eigenvalue weighted by Crippen LogP contribution is -2.17. The quantitative estimate of drug-likeness (QED) is 0.168. The highest BCUT2D eigenvalue weighted by atomic mass is 15.0. The maximum atomic E-state index is 2.53. The summed E-state index contributed by atoms with van der Waals surface area (Å²) in [6.45, 7) is 9.66. The van der Waals surface area contributed by atoms with Gasteiger partial charge in [0.15, 0.2) is 0 Å². The fourth-order valence-corrected chi connectivity index (χ4v) is 11.3. The van der Waals surface area contributed by atoms with Gasteiger partial charge < -0.3 is 9.13 Å². The highest BCUT2D eigenvalue weighted by Crippen LogP contribution is 2.57. The second-order valence-electron chi connectivity index (χ2n) is 18.6. The summed E-state index contributed by atoms with van der Waals surface area (Å²) in [5.74, 6) is 0. The topological polar surface area (TPSA) is 9.86 Å². The van der Waals surface area contributed by atoms with Crippen LogP contribution in [0, 0.1) is 0 Å². The zero-order valence-electron chi connectivity index (χ0n) is 35.4. The normalized spacial score (nSPS) is 14.4. The maximum absolute atomic E-state index is 2.53. The van der Waals surface area contributed by atoms with Crippen molar-refractivity contribution in [1.29, 1.82) is 0 Å². The first-order valence-electron chi connectivity index (χ1n) is 21.9. The van der Waals surface area contributed by atoms with E-state index < -0.39 is 0 Å². The smallest absolute Gasteiger partial charge is 0.0541 e. The number of hydrogen-bond donors (Lipinski definition) is 0. The Hall–Kier alpha value is -7.42. The van der Waals surface area contributed by atoms with Crippen LogP contribution in [0.25, 0.3) is 99.5 Å². The van der Waals surface area contributed by atoms with Crippen LogP contribution in [0.15, 0.2) is 194 Å². The molecule has 11 aromatic rings. The number of rotatable bonds is 4. The Labute approximate surface area is 362 Å². The highest BCUT2D eigenvalue weighted by Gasteiger charge is 2.42. The van der Waals surface area contributed by atoms with E-state index in [1.165, 1.54) is 122 Å². The van der Waals surface area contributed by atoms with Crippen LogP contribution in [0.5, 0.6) is 0 Å². The number of aromatic nitrogens is 2. The summed E-state index contributed by atoms with van der Waals surface area (Å²) in [7, 11) is 0. The molecule has 0 bridgehead atoms. The molecular formula is C60H44N2. The summed E-state index contributed by atoms with van der Waals surface area (Å²) in [4.78, 5) is 0. The van der Waals surface area contributed by atoms with Gasteiger partial charge in [-0.1, -0.05) is 137 Å². The molecular weight excluding hydrogens is 749 g/mol. The predicted molar refractivity (Wildman–Crippen MR) is 261 cm³/mol. The summed E-state index contributed by atoms with van der Waals surface area (Å²) < 4.78 is 4.78. The average molecular weight is 793 g/mol. The molecule has 2 aliphatic carbocycles. The van der Waals surface area contributed by atoms with Crippen molar-refractivity contribution in [3.63, 3.8) is 0 Å². The van der Waals surface area contributed by atoms with Crippen LogP contribution in [0.2, 0.25) is 0 Å². The van der Waals surface area contributed by atoms with E-state index in [0.29, 0.717) is 0 Å². The third-order valence-electron chi connectivity index (χ3n) is 14.5. The van der Waals surface area contributed by atoms with Crippen molar-refractivity contribution < 1.29 is 0 Å². The minimum atomic E-state index is -0.148. The fraction of sp³-hybridized carbons (Fsp3) is 0.100. The van der Waals surface area contributed by atoms with Crippen LogP contribution in [0.1, 0.15) is 49.9 Å². The first-order valence-corrected chi connectivity index (χ1v) is 21.9. The van der Waals surface area contributed by atoms with Gasteiger partial charge in [-0.05, 0) is 152 Å². The molecule has 62 heavy (non-hydrogen) atoms. The Morgan fingerprint density at radius 1 is 0.274 bits per heavy atom. The zero-order chi connectivity index (χ0) is 41.5. The number of nitrogens with zero attached hydrogens (tertiary/aromatic N) is 2. The van der Waals surface area contributed by atoms with E-state index in [4.69, 9.17) is 0 Å². The molecule has 0 unspecified atom stereocenters. The summed E-state index contributed by atoms with van der Waals surface area (Å²) in [6, 6.07) is 72.5. The fourth-order valence-electron chi connectivity index (χ4n) is 11.3. The summed E-state index contributed by atoms with van der Waals surface area (Å²) in [6.07, 6.45) is 0. The molecule has 0 N–H and O–H groups in total. The van der Waals surface area contributed by atoms with Gasteiger partial charge in [0.25, 0.3) is 0 Å². The molecule has 0 saturated carbocycles. The van der Waals surface area contributed by atoms with Crippen LogP contribution in [0.4, 0.5) is 0 Å². The summed E-state index contributed by atoms with van der Waals surface area (Å²) in [5.41, 5.74) is 23.1. The second kappa shape index (κ2) is 12.6. The van der Waals surface area contributed by atoms with Gasteiger partial charge >= 0.3 is 0 Å². The Kier molecular flexibility index (Phi) is 7.16. The number of benzene rings is 9. The third kappa shape index (κ3) is 4.81. The van der Waals surface area contributed by atoms with Gasteiger partial charge in [-0.2, -0.15) is 0 Å². The van der Waals surface area contributed by atoms with Gasteiger partial charge in [-0.15, -0.1) is 0 Å². The van der Waals surface area contributed by atoms with Gasteiger partial charge in [-0.25, -0.2) is 0 Å². The minimum absolute atomic E-state index is 0.148. The van der Waals surface area contributed by atoms with Crippen molar-refractivity contribution in [3.8, 4) is 55.9 Å². The Balaban J connectivity index is 0.881. The molecule has 0 atom stereocenters. The van der Waals surface area contributed by atoms with Crippen molar-refractivity contribution in [2.75, 3.05) is 0 Å². The van der Waals surface area contributed by atoms with E-state index in [1.54, 1.807) is 0 Å². The van der Waals surface area contributed by atoms with E-state index in [0.717, 1.165) is 0 Å². The van der Waals surface area contributed by atoms with E-state index in [2.05, 4.69) is 231 Å². The van der Waals surface area contributed by atoms with Crippen molar-refractivity contribution in [3.05, 3.63) is 216 Å². The number of para-hydroxylation sites is 4. The first-order chi connectivity index (χ1) is 30.3. The van der Waals surface area contributed by atoms with Crippen LogP contribution in [-0.4, -0.2) is 9.13 Å². The summed E-state index contributed by atoms with van der Waals surface area (Å²) >= 11 is 0. The maximum Gasteiger partial charge on any atom is 0.0541 e. The third-order valence-corrected chi connectivity index (χ3v) is 14.5. The molecule has 0 amide bonds. The van der Waals surface area contributed by atoms with Crippen LogP contribution in [-0.2, 0) is 10.8 Å². The van der Waals surface area contributed by atoms with Crippen molar-refractivity contribution in [2.24, 2.45) is 0 Å². The monoisotopic (exact) mass is 792 g/mol. The highest BCUT2D eigenvalue weighted by molar-refractivity contribution is 6.12. The first kappa shape index (κ1) is 35.3. The molecule has 2 heterocycles. The van der Waals surface area contributed by atoms with Gasteiger partial charge in [0.05, 0.1) is 22.1 Å². The lowest BCUT2D eigenvalue weighted by Gasteiger charge is -2.24. The summed E-state index contributed by atoms with van der Waals surface area (Å²) in [5, 5.41) is 5.11. The van der Waals surface area contributed by atoms with E-state index in [-0.39, 0.29) is 10.8 Å². The zero-order valence-corrected chi connectivity index (χ0v) is 35.4. The molecule has 13 rings (SSSR count). The molecule has 0 fully saturated rings. The lowest BCUT2D eigenvalue weighted by atomic mass is 9.79. The van der Waals surface area contributed by atoms with E-state index in [9.17, 15) is 0 Å². The van der Waals surface area contributed by atoms with Crippen LogP contribution >= 0.6 is 0 Å². The SMILES string of the molecule is CC1(C)c2cc(-c3ccc4c(c3)c3ccccc3n4-c3ccccc3)ccc2-c2cc3c(cc21)-c1ccc(-c2ccc4c(c2)c2ccccc2n4-c2ccccc2)cc1C3(C)C. The van der Waals surface area contributed by atoms with Gasteiger partial charge in [0.1, 0.15) is 0 Å². The molecule has 9 aromatic carbocycles. The lowest BCUT2D eigenvalue weighted by molar-refractivity contribution is 0.652. The van der Waals surface area contributed by atoms with Gasteiger partial charge in [-0.3, -0.25) is 0 Å². The molecule has 2 heteroatoms.